The SMILES string of the molecule is CON1CCC2(CC1)NC(=O)C(c1cc(Br)ccc1C)=C2OC(=O)N(C)CCC#N. The molecule has 1 saturated heterocycles. The van der Waals surface area contributed by atoms with E-state index in [2.05, 4.69) is 21.2 Å². The number of aryl methyl sites for hydroxylation is 1. The molecule has 2 aliphatic heterocycles. The summed E-state index contributed by atoms with van der Waals surface area (Å²) in [5.74, 6) is 0.0859. The number of ether oxygens (including phenoxy) is 1. The third-order valence-corrected chi connectivity index (χ3v) is 6.10. The van der Waals surface area contributed by atoms with Crippen LogP contribution >= 0.6 is 15.9 Å². The molecule has 3 rings (SSSR count). The first-order valence-electron chi connectivity index (χ1n) is 9.74. The van der Waals surface area contributed by atoms with Crippen molar-refractivity contribution in [3.05, 3.63) is 39.6 Å². The predicted molar refractivity (Wildman–Crippen MR) is 114 cm³/mol. The van der Waals surface area contributed by atoms with Gasteiger partial charge in [0.05, 0.1) is 25.2 Å². The lowest BCUT2D eigenvalue weighted by molar-refractivity contribution is -0.152. The number of carbonyl (C=O) groups is 2. The average molecular weight is 477 g/mol. The van der Waals surface area contributed by atoms with Crippen LogP contribution in [0.1, 0.15) is 30.4 Å². The summed E-state index contributed by atoms with van der Waals surface area (Å²) in [7, 11) is 3.19. The molecule has 0 bridgehead atoms. The number of piperidine rings is 1. The Morgan fingerprint density at radius 3 is 2.73 bits per heavy atom. The number of hydroxylamine groups is 2. The quantitative estimate of drug-likeness (QED) is 0.701. The Kier molecular flexibility index (Phi) is 6.81. The lowest BCUT2D eigenvalue weighted by atomic mass is 9.85. The van der Waals surface area contributed by atoms with Gasteiger partial charge in [0.25, 0.3) is 5.91 Å². The van der Waals surface area contributed by atoms with Crippen LogP contribution in [0.15, 0.2) is 28.4 Å². The van der Waals surface area contributed by atoms with Crippen LogP contribution in [0.25, 0.3) is 5.57 Å². The smallest absolute Gasteiger partial charge is 0.411 e. The largest absolute Gasteiger partial charge is 0.414 e. The molecule has 30 heavy (non-hydrogen) atoms. The van der Waals surface area contributed by atoms with E-state index in [9.17, 15) is 9.59 Å². The van der Waals surface area contributed by atoms with E-state index in [1.165, 1.54) is 4.90 Å². The first-order valence-corrected chi connectivity index (χ1v) is 10.5. The summed E-state index contributed by atoms with van der Waals surface area (Å²) in [6.07, 6.45) is 0.713. The summed E-state index contributed by atoms with van der Waals surface area (Å²) in [6, 6.07) is 7.70. The number of hydrogen-bond acceptors (Lipinski definition) is 6. The Morgan fingerprint density at radius 2 is 2.10 bits per heavy atom. The lowest BCUT2D eigenvalue weighted by Gasteiger charge is -2.39. The summed E-state index contributed by atoms with van der Waals surface area (Å²) < 4.78 is 6.69. The minimum atomic E-state index is -0.776. The predicted octanol–water partition coefficient (Wildman–Crippen LogP) is 2.98. The first kappa shape index (κ1) is 22.3. The Hall–Kier alpha value is -2.41. The van der Waals surface area contributed by atoms with Gasteiger partial charge in [0.15, 0.2) is 0 Å². The van der Waals surface area contributed by atoms with Gasteiger partial charge in [0.1, 0.15) is 11.3 Å². The second-order valence-electron chi connectivity index (χ2n) is 7.51. The highest BCUT2D eigenvalue weighted by atomic mass is 79.9. The van der Waals surface area contributed by atoms with Crippen LogP contribution in [0.4, 0.5) is 4.79 Å². The van der Waals surface area contributed by atoms with Crippen molar-refractivity contribution in [2.24, 2.45) is 0 Å². The molecule has 160 valence electrons. The van der Waals surface area contributed by atoms with Crippen molar-refractivity contribution in [3.63, 3.8) is 0 Å². The molecule has 0 unspecified atom stereocenters. The summed E-state index contributed by atoms with van der Waals surface area (Å²) in [5, 5.41) is 13.7. The Labute approximate surface area is 184 Å². The second-order valence-corrected chi connectivity index (χ2v) is 8.42. The molecule has 0 radical (unpaired) electrons. The fourth-order valence-electron chi connectivity index (χ4n) is 3.81. The van der Waals surface area contributed by atoms with Gasteiger partial charge in [-0.05, 0) is 43.0 Å². The van der Waals surface area contributed by atoms with Gasteiger partial charge in [-0.2, -0.15) is 10.3 Å². The van der Waals surface area contributed by atoms with Crippen molar-refractivity contribution in [3.8, 4) is 6.07 Å². The molecule has 9 heteroatoms. The normalized spacial score (nSPS) is 18.3. The molecule has 1 aromatic rings. The number of benzene rings is 1. The van der Waals surface area contributed by atoms with E-state index in [1.54, 1.807) is 14.2 Å². The zero-order chi connectivity index (χ0) is 21.9. The molecular weight excluding hydrogens is 452 g/mol. The molecule has 0 aliphatic carbocycles. The van der Waals surface area contributed by atoms with Gasteiger partial charge in [-0.3, -0.25) is 4.79 Å². The Bertz CT molecular complexity index is 916. The van der Waals surface area contributed by atoms with Crippen molar-refractivity contribution < 1.29 is 19.2 Å². The van der Waals surface area contributed by atoms with Gasteiger partial charge in [-0.25, -0.2) is 4.79 Å². The Morgan fingerprint density at radius 1 is 1.40 bits per heavy atom. The van der Waals surface area contributed by atoms with Crippen molar-refractivity contribution >= 4 is 33.5 Å². The summed E-state index contributed by atoms with van der Waals surface area (Å²) in [5.41, 5.74) is 1.22. The van der Waals surface area contributed by atoms with Gasteiger partial charge in [0.2, 0.25) is 0 Å². The molecule has 0 saturated carbocycles. The van der Waals surface area contributed by atoms with Gasteiger partial charge in [0, 0.05) is 31.2 Å². The molecule has 1 fully saturated rings. The fraction of sp³-hybridized carbons (Fsp3) is 0.476. The number of nitriles is 1. The van der Waals surface area contributed by atoms with E-state index >= 15 is 0 Å². The van der Waals surface area contributed by atoms with Gasteiger partial charge < -0.3 is 19.8 Å². The zero-order valence-corrected chi connectivity index (χ0v) is 18.9. The van der Waals surface area contributed by atoms with Crippen LogP contribution in [0.5, 0.6) is 0 Å². The third-order valence-electron chi connectivity index (χ3n) is 5.60. The van der Waals surface area contributed by atoms with Crippen molar-refractivity contribution in [2.45, 2.75) is 31.7 Å². The maximum Gasteiger partial charge on any atom is 0.414 e. The van der Waals surface area contributed by atoms with Crippen LogP contribution in [0, 0.1) is 18.3 Å². The van der Waals surface area contributed by atoms with Gasteiger partial charge in [-0.15, -0.1) is 0 Å². The molecule has 8 nitrogen and oxygen atoms in total. The standard InChI is InChI=1S/C21H25BrN4O4/c1-14-5-6-15(22)13-16(14)17-18(30-20(28)25(2)10-4-9-23)21(24-19(17)27)7-11-26(29-3)12-8-21/h5-6,13H,4,7-8,10-12H2,1-3H3,(H,24,27). The van der Waals surface area contributed by atoms with Crippen LogP contribution in [-0.4, -0.2) is 61.3 Å². The summed E-state index contributed by atoms with van der Waals surface area (Å²) >= 11 is 3.47. The molecule has 1 spiro atoms. The zero-order valence-electron chi connectivity index (χ0n) is 17.3. The molecule has 2 amide bonds. The van der Waals surface area contributed by atoms with E-state index in [-0.39, 0.29) is 18.9 Å². The van der Waals surface area contributed by atoms with Crippen LogP contribution in [0.3, 0.4) is 0 Å². The van der Waals surface area contributed by atoms with E-state index in [0.29, 0.717) is 37.3 Å². The molecule has 2 aliphatic rings. The number of rotatable bonds is 5. The van der Waals surface area contributed by atoms with Crippen LogP contribution in [-0.2, 0) is 14.4 Å². The number of amides is 2. The highest BCUT2D eigenvalue weighted by Gasteiger charge is 2.50. The number of halogens is 1. The lowest BCUT2D eigenvalue weighted by Crippen LogP contribution is -2.53. The summed E-state index contributed by atoms with van der Waals surface area (Å²) in [6.45, 7) is 3.35. The first-order chi connectivity index (χ1) is 14.3. The van der Waals surface area contributed by atoms with E-state index < -0.39 is 11.6 Å². The van der Waals surface area contributed by atoms with E-state index in [4.69, 9.17) is 14.8 Å². The fourth-order valence-corrected chi connectivity index (χ4v) is 4.17. The molecule has 0 aromatic heterocycles. The van der Waals surface area contributed by atoms with Crippen LogP contribution in [0.2, 0.25) is 0 Å². The monoisotopic (exact) mass is 476 g/mol. The van der Waals surface area contributed by atoms with Crippen molar-refractivity contribution in [1.29, 1.82) is 5.26 Å². The number of nitrogens with one attached hydrogen (secondary N) is 1. The maximum absolute atomic E-state index is 13.1. The Balaban J connectivity index is 2.04. The van der Waals surface area contributed by atoms with Crippen LogP contribution < -0.4 is 5.32 Å². The molecular formula is C21H25BrN4O4. The minimum Gasteiger partial charge on any atom is -0.411 e. The average Bonchev–Trinajstić information content (AvgIpc) is 2.99. The maximum atomic E-state index is 13.1. The third kappa shape index (κ3) is 4.36. The second kappa shape index (κ2) is 9.16. The van der Waals surface area contributed by atoms with E-state index in [0.717, 1.165) is 15.6 Å². The number of nitrogens with zero attached hydrogens (tertiary/aromatic N) is 3. The number of carbonyl (C=O) groups excluding carboxylic acids is 2. The van der Waals surface area contributed by atoms with Crippen molar-refractivity contribution in [1.82, 2.24) is 15.3 Å². The van der Waals surface area contributed by atoms with Gasteiger partial charge >= 0.3 is 6.09 Å². The van der Waals surface area contributed by atoms with Crippen molar-refractivity contribution in [2.75, 3.05) is 33.8 Å². The summed E-state index contributed by atoms with van der Waals surface area (Å²) in [4.78, 5) is 32.6. The van der Waals surface area contributed by atoms with Gasteiger partial charge in [-0.1, -0.05) is 22.0 Å². The molecule has 1 N–H and O–H groups in total. The molecule has 2 heterocycles. The molecule has 0 atom stereocenters. The highest BCUT2D eigenvalue weighted by Crippen LogP contribution is 2.42. The minimum absolute atomic E-state index is 0.202. The highest BCUT2D eigenvalue weighted by molar-refractivity contribution is 9.10. The molecule has 1 aromatic carbocycles. The van der Waals surface area contributed by atoms with E-state index in [1.807, 2.05) is 36.3 Å². The number of hydrogen-bond donors (Lipinski definition) is 1. The topological polar surface area (TPSA) is 94.9 Å².